The minimum atomic E-state index is -1.26. The molecule has 17 nitrogen and oxygen atoms in total. The van der Waals surface area contributed by atoms with E-state index in [0.717, 1.165) is 33.3 Å². The molecule has 2 saturated heterocycles. The van der Waals surface area contributed by atoms with Gasteiger partial charge in [0.05, 0.1) is 24.6 Å². The minimum absolute atomic E-state index is 0.0124. The molecule has 3 aromatic rings. The molecule has 4 amide bonds. The fraction of sp³-hybridized carbons (Fsp3) is 0.545. The highest BCUT2D eigenvalue weighted by molar-refractivity contribution is 5.96. The number of ether oxygens (including phenoxy) is 2. The monoisotopic (exact) mass is 840 g/mol. The van der Waals surface area contributed by atoms with E-state index in [1.807, 2.05) is 32.9 Å². The number of hydrogen-bond acceptors (Lipinski definition) is 12. The minimum Gasteiger partial charge on any atom is -0.472 e. The van der Waals surface area contributed by atoms with E-state index in [1.165, 1.54) is 22.3 Å². The van der Waals surface area contributed by atoms with Crippen LogP contribution >= 0.6 is 0 Å². The lowest BCUT2D eigenvalue weighted by atomic mass is 9.84. The van der Waals surface area contributed by atoms with Crippen LogP contribution in [0.2, 0.25) is 0 Å². The van der Waals surface area contributed by atoms with Gasteiger partial charge in [0, 0.05) is 67.5 Å². The first-order chi connectivity index (χ1) is 29.1. The Kier molecular flexibility index (Phi) is 13.8. The van der Waals surface area contributed by atoms with Gasteiger partial charge in [-0.2, -0.15) is 0 Å². The lowest BCUT2D eigenvalue weighted by Crippen LogP contribution is -2.62. The summed E-state index contributed by atoms with van der Waals surface area (Å²) in [6.45, 7) is 16.9. The third-order valence-corrected chi connectivity index (χ3v) is 11.9. The quantitative estimate of drug-likeness (QED) is 0.130. The number of nitrogens with one attached hydrogen (secondary N) is 2. The summed E-state index contributed by atoms with van der Waals surface area (Å²) in [5.41, 5.74) is 7.25. The number of hydrazine groups is 1. The van der Waals surface area contributed by atoms with Gasteiger partial charge < -0.3 is 35.0 Å². The summed E-state index contributed by atoms with van der Waals surface area (Å²) in [5.74, 6) is 2.98. The molecule has 4 N–H and O–H groups in total. The third-order valence-electron chi connectivity index (χ3n) is 11.9. The second-order valence-electron chi connectivity index (χ2n) is 17.4. The van der Waals surface area contributed by atoms with Crippen LogP contribution in [0.3, 0.4) is 0 Å². The summed E-state index contributed by atoms with van der Waals surface area (Å²) in [7, 11) is 1.56. The van der Waals surface area contributed by atoms with Crippen molar-refractivity contribution >= 4 is 46.4 Å². The molecule has 6 rings (SSSR count). The van der Waals surface area contributed by atoms with Crippen LogP contribution in [-0.4, -0.2) is 116 Å². The van der Waals surface area contributed by atoms with Gasteiger partial charge in [-0.3, -0.25) is 29.0 Å². The van der Waals surface area contributed by atoms with E-state index in [1.54, 1.807) is 24.3 Å². The molecule has 5 atom stereocenters. The van der Waals surface area contributed by atoms with Crippen LogP contribution in [0.15, 0.2) is 54.7 Å². The van der Waals surface area contributed by atoms with Gasteiger partial charge in [0.15, 0.2) is 0 Å². The molecular formula is C44H60N10O7. The SMILES string of the molecule is C=CC(=O)N1CC[C@H](C(=O)N(C)[C@H](C(=O)N[C@H]2C/C(=N/N)OC(C)c3ccc4c(c3)c(c(-c3cncnc3)n4CC)CC(C)(C)COC(=O)[C@@H]3CCCN(N3)C2=O)C(C)C)C1. The molecule has 2 aromatic heterocycles. The Labute approximate surface area is 357 Å². The van der Waals surface area contributed by atoms with Crippen LogP contribution in [0.1, 0.15) is 84.5 Å². The highest BCUT2D eigenvalue weighted by Crippen LogP contribution is 2.39. The van der Waals surface area contributed by atoms with Crippen LogP contribution in [0.25, 0.3) is 22.2 Å². The molecule has 4 bridgehead atoms. The number of likely N-dealkylation sites (tertiary alicyclic amines) is 1. The standard InChI is InChI=1S/C44H60N10O7/c1-9-37(55)52-17-15-29(23-52)41(57)51(8)38(26(3)4)40(56)48-34-19-36(49-45)61-27(5)28-13-14-35-31(18-28)32(39(53(35)10-2)30-21-46-25-47-22-30)20-44(6,7)24-60-43(59)33-12-11-16-54(50-33)42(34)58/h9,13-14,18,21-22,25-27,29,33-34,38,50H,1,10-12,15-17,19-20,23-24,45H2,2-8H3,(H,48,56)/b49-36-/t27?,29-,33-,34-,38-/m0/s1. The fourth-order valence-electron chi connectivity index (χ4n) is 8.83. The summed E-state index contributed by atoms with van der Waals surface area (Å²) in [5, 5.41) is 9.18. The van der Waals surface area contributed by atoms with Crippen molar-refractivity contribution in [2.24, 2.45) is 28.2 Å². The van der Waals surface area contributed by atoms with Crippen molar-refractivity contribution in [2.75, 3.05) is 33.3 Å². The zero-order chi connectivity index (χ0) is 44.2. The van der Waals surface area contributed by atoms with Crippen LogP contribution < -0.4 is 16.6 Å². The second kappa shape index (κ2) is 18.8. The van der Waals surface area contributed by atoms with Crippen LogP contribution in [0.4, 0.5) is 0 Å². The molecule has 1 unspecified atom stereocenters. The van der Waals surface area contributed by atoms with E-state index in [2.05, 4.69) is 63.8 Å². The van der Waals surface area contributed by atoms with Crippen LogP contribution in [0.5, 0.6) is 0 Å². The average molecular weight is 841 g/mol. The number of aromatic nitrogens is 3. The predicted molar refractivity (Wildman–Crippen MR) is 229 cm³/mol. The first-order valence-electron chi connectivity index (χ1n) is 21.1. The second-order valence-corrected chi connectivity index (χ2v) is 17.4. The Morgan fingerprint density at radius 2 is 1.90 bits per heavy atom. The van der Waals surface area contributed by atoms with Crippen LogP contribution in [0, 0.1) is 17.3 Å². The first kappa shape index (κ1) is 44.7. The summed E-state index contributed by atoms with van der Waals surface area (Å²) in [4.78, 5) is 80.2. The maximum absolute atomic E-state index is 14.5. The summed E-state index contributed by atoms with van der Waals surface area (Å²) >= 11 is 0. The van der Waals surface area contributed by atoms with Gasteiger partial charge >= 0.3 is 5.97 Å². The maximum atomic E-state index is 14.5. The van der Waals surface area contributed by atoms with Crippen molar-refractivity contribution in [3.8, 4) is 11.3 Å². The average Bonchev–Trinajstić information content (AvgIpc) is 3.87. The van der Waals surface area contributed by atoms with Gasteiger partial charge in [-0.05, 0) is 74.8 Å². The number of nitrogens with zero attached hydrogens (tertiary/aromatic N) is 7. The maximum Gasteiger partial charge on any atom is 0.324 e. The summed E-state index contributed by atoms with van der Waals surface area (Å²) in [6.07, 6.45) is 7.43. The normalized spacial score (nSPS) is 23.6. The third kappa shape index (κ3) is 9.71. The highest BCUT2D eigenvalue weighted by Gasteiger charge is 2.40. The Balaban J connectivity index is 1.35. The van der Waals surface area contributed by atoms with Gasteiger partial charge in [0.1, 0.15) is 30.6 Å². The molecule has 2 fully saturated rings. The van der Waals surface area contributed by atoms with Gasteiger partial charge in [-0.15, -0.1) is 5.10 Å². The van der Waals surface area contributed by atoms with Gasteiger partial charge in [0.2, 0.25) is 23.6 Å². The smallest absolute Gasteiger partial charge is 0.324 e. The molecule has 328 valence electrons. The Morgan fingerprint density at radius 3 is 2.57 bits per heavy atom. The number of esters is 1. The number of hydrogen-bond donors (Lipinski definition) is 3. The number of carbonyl (C=O) groups excluding carboxylic acids is 5. The zero-order valence-corrected chi connectivity index (χ0v) is 36.3. The molecule has 0 radical (unpaired) electrons. The van der Waals surface area contributed by atoms with Crippen molar-refractivity contribution in [3.63, 3.8) is 0 Å². The first-order valence-corrected chi connectivity index (χ1v) is 21.1. The molecule has 0 aliphatic carbocycles. The predicted octanol–water partition coefficient (Wildman–Crippen LogP) is 3.48. The molecular weight excluding hydrogens is 781 g/mol. The Morgan fingerprint density at radius 1 is 1.16 bits per heavy atom. The zero-order valence-electron chi connectivity index (χ0n) is 36.3. The number of aryl methyl sites for hydroxylation is 1. The number of fused-ring (bicyclic) bond motifs is 3. The van der Waals surface area contributed by atoms with Crippen LogP contribution in [-0.2, 0) is 46.4 Å². The van der Waals surface area contributed by atoms with E-state index >= 15 is 0 Å². The summed E-state index contributed by atoms with van der Waals surface area (Å²) in [6, 6.07) is 3.05. The molecule has 0 saturated carbocycles. The van der Waals surface area contributed by atoms with E-state index in [9.17, 15) is 24.0 Å². The van der Waals surface area contributed by atoms with Crippen molar-refractivity contribution in [2.45, 2.75) is 104 Å². The van der Waals surface area contributed by atoms with Gasteiger partial charge in [-0.1, -0.05) is 40.3 Å². The van der Waals surface area contributed by atoms with E-state index in [0.29, 0.717) is 38.8 Å². The number of hydrazone groups is 1. The van der Waals surface area contributed by atoms with E-state index in [-0.39, 0.29) is 49.7 Å². The van der Waals surface area contributed by atoms with Gasteiger partial charge in [-0.25, -0.2) is 15.4 Å². The number of cyclic esters (lactones) is 1. The molecule has 3 aliphatic rings. The van der Waals surface area contributed by atoms with Crippen molar-refractivity contribution in [1.82, 2.24) is 40.1 Å². The number of likely N-dealkylation sites (N-methyl/N-ethyl adjacent to an activating group) is 1. The largest absolute Gasteiger partial charge is 0.472 e. The number of benzene rings is 1. The topological polar surface area (TPSA) is 207 Å². The lowest BCUT2D eigenvalue weighted by Gasteiger charge is -2.37. The fourth-order valence-corrected chi connectivity index (χ4v) is 8.83. The van der Waals surface area contributed by atoms with E-state index < -0.39 is 53.3 Å². The van der Waals surface area contributed by atoms with Crippen molar-refractivity contribution in [1.29, 1.82) is 0 Å². The molecule has 3 aliphatic heterocycles. The molecule has 0 spiro atoms. The molecule has 1 aromatic carbocycles. The van der Waals surface area contributed by atoms with Gasteiger partial charge in [0.25, 0.3) is 5.91 Å². The number of amides is 4. The molecule has 61 heavy (non-hydrogen) atoms. The van der Waals surface area contributed by atoms with Crippen molar-refractivity contribution < 1.29 is 33.4 Å². The molecule has 17 heteroatoms. The number of carbonyl (C=O) groups is 5. The summed E-state index contributed by atoms with van der Waals surface area (Å²) < 4.78 is 14.7. The molecule has 5 heterocycles. The highest BCUT2D eigenvalue weighted by atomic mass is 16.5. The number of rotatable bonds is 8. The number of nitrogens with two attached hydrogens (primary N) is 1. The Bertz CT molecular complexity index is 2170. The lowest BCUT2D eigenvalue weighted by molar-refractivity contribution is -0.155. The van der Waals surface area contributed by atoms with E-state index in [4.69, 9.17) is 15.3 Å². The van der Waals surface area contributed by atoms with Crippen molar-refractivity contribution in [3.05, 3.63) is 60.7 Å². The Hall–Kier alpha value is -5.84.